The number of aldehydes is 1. The van der Waals surface area contributed by atoms with Gasteiger partial charge in [0.1, 0.15) is 10.5 Å². The van der Waals surface area contributed by atoms with Gasteiger partial charge in [-0.15, -0.1) is 0 Å². The lowest BCUT2D eigenvalue weighted by molar-refractivity contribution is 0.112. The molecule has 0 aromatic carbocycles. The van der Waals surface area contributed by atoms with Crippen LogP contribution < -0.4 is 5.32 Å². The fourth-order valence-corrected chi connectivity index (χ4v) is 1.04. The fourth-order valence-electron chi connectivity index (χ4n) is 0.842. The molecule has 1 heterocycles. The molecule has 0 aliphatic carbocycles. The first-order valence-electron chi connectivity index (χ1n) is 3.56. The van der Waals surface area contributed by atoms with Gasteiger partial charge in [-0.1, -0.05) is 12.2 Å². The van der Waals surface area contributed by atoms with Gasteiger partial charge in [-0.3, -0.25) is 4.79 Å². The zero-order chi connectivity index (χ0) is 8.97. The van der Waals surface area contributed by atoms with Crippen LogP contribution in [-0.2, 0) is 0 Å². The van der Waals surface area contributed by atoms with Crippen molar-refractivity contribution >= 4 is 24.3 Å². The Morgan fingerprint density at radius 3 is 3.17 bits per heavy atom. The molecule has 5 heteroatoms. The number of hydrogen-bond donors (Lipinski definition) is 2. The normalized spacial score (nSPS) is 9.42. The summed E-state index contributed by atoms with van der Waals surface area (Å²) < 4.78 is 0.319. The van der Waals surface area contributed by atoms with Crippen LogP contribution in [0.4, 0.5) is 5.82 Å². The third-order valence-electron chi connectivity index (χ3n) is 1.36. The monoisotopic (exact) mass is 183 g/mol. The van der Waals surface area contributed by atoms with Crippen molar-refractivity contribution in [3.05, 3.63) is 16.5 Å². The summed E-state index contributed by atoms with van der Waals surface area (Å²) in [5, 5.41) is 2.97. The number of carbonyl (C=O) groups is 1. The first kappa shape index (κ1) is 8.86. The van der Waals surface area contributed by atoms with Crippen molar-refractivity contribution in [2.24, 2.45) is 0 Å². The van der Waals surface area contributed by atoms with E-state index in [0.717, 1.165) is 6.54 Å². The molecule has 0 saturated carbocycles. The minimum Gasteiger partial charge on any atom is -0.371 e. The standard InChI is InChI=1S/C7H9N3OS/c1-2-8-6-5(3-11)7(12)10-4-9-6/h3-4H,2H2,1H3,(H2,8,9,10,12). The Hall–Kier alpha value is -1.23. The molecule has 12 heavy (non-hydrogen) atoms. The smallest absolute Gasteiger partial charge is 0.156 e. The predicted octanol–water partition coefficient (Wildman–Crippen LogP) is 1.38. The molecule has 0 aliphatic rings. The van der Waals surface area contributed by atoms with Crippen molar-refractivity contribution in [2.75, 3.05) is 11.9 Å². The number of anilines is 1. The second-order valence-corrected chi connectivity index (χ2v) is 2.53. The molecule has 2 N–H and O–H groups in total. The molecule has 0 bridgehead atoms. The van der Waals surface area contributed by atoms with Crippen LogP contribution in [0.15, 0.2) is 6.33 Å². The Bertz CT molecular complexity index is 334. The Kier molecular flexibility index (Phi) is 2.93. The van der Waals surface area contributed by atoms with E-state index < -0.39 is 0 Å². The van der Waals surface area contributed by atoms with Crippen LogP contribution in [0.1, 0.15) is 17.3 Å². The molecule has 0 atom stereocenters. The summed E-state index contributed by atoms with van der Waals surface area (Å²) >= 11 is 4.85. The third kappa shape index (κ3) is 1.68. The molecule has 0 radical (unpaired) electrons. The van der Waals surface area contributed by atoms with Crippen molar-refractivity contribution in [1.82, 2.24) is 9.97 Å². The second-order valence-electron chi connectivity index (χ2n) is 2.14. The number of carbonyl (C=O) groups excluding carboxylic acids is 1. The van der Waals surface area contributed by atoms with Crippen molar-refractivity contribution in [3.8, 4) is 0 Å². The van der Waals surface area contributed by atoms with E-state index in [1.807, 2.05) is 6.92 Å². The van der Waals surface area contributed by atoms with Gasteiger partial charge in [0.15, 0.2) is 6.29 Å². The van der Waals surface area contributed by atoms with Gasteiger partial charge in [0, 0.05) is 6.54 Å². The Labute approximate surface area is 75.0 Å². The molecule has 4 nitrogen and oxygen atoms in total. The van der Waals surface area contributed by atoms with Gasteiger partial charge < -0.3 is 10.3 Å². The molecule has 0 amide bonds. The quantitative estimate of drug-likeness (QED) is 0.549. The zero-order valence-electron chi connectivity index (χ0n) is 6.63. The zero-order valence-corrected chi connectivity index (χ0v) is 7.44. The summed E-state index contributed by atoms with van der Waals surface area (Å²) in [6, 6.07) is 0. The van der Waals surface area contributed by atoms with Crippen LogP contribution in [0.2, 0.25) is 0 Å². The van der Waals surface area contributed by atoms with E-state index in [2.05, 4.69) is 15.3 Å². The summed E-state index contributed by atoms with van der Waals surface area (Å²) in [6.45, 7) is 2.67. The summed E-state index contributed by atoms with van der Waals surface area (Å²) in [5.74, 6) is 0.632. The van der Waals surface area contributed by atoms with Gasteiger partial charge in [-0.05, 0) is 6.92 Å². The van der Waals surface area contributed by atoms with Crippen LogP contribution >= 0.6 is 12.2 Å². The SMILES string of the molecule is CCNc1[nH]cnc(=S)c1C=O. The van der Waals surface area contributed by atoms with Crippen molar-refractivity contribution in [2.45, 2.75) is 6.92 Å². The van der Waals surface area contributed by atoms with Gasteiger partial charge in [-0.2, -0.15) is 0 Å². The molecule has 1 rings (SSSR count). The average molecular weight is 183 g/mol. The number of aromatic amines is 1. The lowest BCUT2D eigenvalue weighted by atomic mass is 10.3. The maximum Gasteiger partial charge on any atom is 0.156 e. The third-order valence-corrected chi connectivity index (χ3v) is 1.69. The van der Waals surface area contributed by atoms with E-state index in [-0.39, 0.29) is 0 Å². The van der Waals surface area contributed by atoms with E-state index in [1.165, 1.54) is 6.33 Å². The first-order chi connectivity index (χ1) is 5.79. The molecule has 64 valence electrons. The van der Waals surface area contributed by atoms with Gasteiger partial charge in [0.05, 0.1) is 11.9 Å². The Balaban J connectivity index is 3.18. The highest BCUT2D eigenvalue weighted by Crippen LogP contribution is 2.07. The first-order valence-corrected chi connectivity index (χ1v) is 3.97. The van der Waals surface area contributed by atoms with E-state index >= 15 is 0 Å². The number of aromatic nitrogens is 2. The Morgan fingerprint density at radius 1 is 1.83 bits per heavy atom. The molecular weight excluding hydrogens is 174 g/mol. The topological polar surface area (TPSA) is 57.8 Å². The van der Waals surface area contributed by atoms with E-state index in [4.69, 9.17) is 12.2 Å². The highest BCUT2D eigenvalue weighted by Gasteiger charge is 2.01. The number of H-pyrrole nitrogens is 1. The van der Waals surface area contributed by atoms with Crippen molar-refractivity contribution < 1.29 is 4.79 Å². The summed E-state index contributed by atoms with van der Waals surface area (Å²) in [4.78, 5) is 17.1. The number of nitrogens with one attached hydrogen (secondary N) is 2. The highest BCUT2D eigenvalue weighted by atomic mass is 32.1. The summed E-state index contributed by atoms with van der Waals surface area (Å²) in [6.07, 6.45) is 2.16. The van der Waals surface area contributed by atoms with Crippen LogP contribution in [0.25, 0.3) is 0 Å². The molecule has 0 aliphatic heterocycles. The molecule has 0 saturated heterocycles. The van der Waals surface area contributed by atoms with Crippen LogP contribution in [0.5, 0.6) is 0 Å². The lowest BCUT2D eigenvalue weighted by Gasteiger charge is -2.04. The van der Waals surface area contributed by atoms with Gasteiger partial charge in [0.25, 0.3) is 0 Å². The maximum atomic E-state index is 10.6. The summed E-state index contributed by atoms with van der Waals surface area (Å²) in [7, 11) is 0. The lowest BCUT2D eigenvalue weighted by Crippen LogP contribution is -2.04. The number of nitrogens with zero attached hydrogens (tertiary/aromatic N) is 1. The maximum absolute atomic E-state index is 10.6. The molecular formula is C7H9N3OS. The fraction of sp³-hybridized carbons (Fsp3) is 0.286. The van der Waals surface area contributed by atoms with E-state index in [9.17, 15) is 4.79 Å². The summed E-state index contributed by atoms with van der Waals surface area (Å²) in [5.41, 5.74) is 0.411. The molecule has 0 spiro atoms. The predicted molar refractivity (Wildman–Crippen MR) is 49.0 cm³/mol. The average Bonchev–Trinajstić information content (AvgIpc) is 2.05. The van der Waals surface area contributed by atoms with Crippen molar-refractivity contribution in [1.29, 1.82) is 0 Å². The van der Waals surface area contributed by atoms with Gasteiger partial charge in [0.2, 0.25) is 0 Å². The van der Waals surface area contributed by atoms with Crippen LogP contribution in [0, 0.1) is 4.64 Å². The minimum absolute atomic E-state index is 0.319. The minimum atomic E-state index is 0.319. The van der Waals surface area contributed by atoms with Crippen LogP contribution in [-0.4, -0.2) is 22.8 Å². The molecule has 1 aromatic rings. The number of rotatable bonds is 3. The number of hydrogen-bond acceptors (Lipinski definition) is 4. The van der Waals surface area contributed by atoms with Gasteiger partial charge >= 0.3 is 0 Å². The van der Waals surface area contributed by atoms with Crippen molar-refractivity contribution in [3.63, 3.8) is 0 Å². The molecule has 0 unspecified atom stereocenters. The largest absolute Gasteiger partial charge is 0.371 e. The molecule has 1 aromatic heterocycles. The highest BCUT2D eigenvalue weighted by molar-refractivity contribution is 7.71. The Morgan fingerprint density at radius 2 is 2.58 bits per heavy atom. The van der Waals surface area contributed by atoms with Crippen LogP contribution in [0.3, 0.4) is 0 Å². The van der Waals surface area contributed by atoms with E-state index in [0.29, 0.717) is 22.3 Å². The molecule has 0 fully saturated rings. The van der Waals surface area contributed by atoms with Gasteiger partial charge in [-0.25, -0.2) is 4.98 Å². The van der Waals surface area contributed by atoms with E-state index in [1.54, 1.807) is 0 Å². The second kappa shape index (κ2) is 3.96.